The Labute approximate surface area is 121 Å². The van der Waals surface area contributed by atoms with Crippen LogP contribution in [0.15, 0.2) is 42.5 Å². The Bertz CT molecular complexity index is 688. The third-order valence-electron chi connectivity index (χ3n) is 3.57. The molecule has 0 saturated heterocycles. The first-order valence-electron chi connectivity index (χ1n) is 6.71. The van der Waals surface area contributed by atoms with Crippen molar-refractivity contribution in [1.29, 1.82) is 0 Å². The van der Waals surface area contributed by atoms with Crippen LogP contribution in [0.1, 0.15) is 17.9 Å². The maximum absolute atomic E-state index is 13.5. The fourth-order valence-electron chi connectivity index (χ4n) is 2.56. The molecule has 0 bridgehead atoms. The number of nitrogens with one attached hydrogen (secondary N) is 2. The standard InChI is InChI=1S/C16H14F2N2O/c17-11-5-6-13(18)15(8-11)20-16(21)7-10-9-19-14-4-2-1-3-12(10)14/h1-6,8,10,19H,7,9H2,(H,20,21). The van der Waals surface area contributed by atoms with E-state index >= 15 is 0 Å². The molecule has 1 heterocycles. The number of fused-ring (bicyclic) bond motifs is 1. The van der Waals surface area contributed by atoms with Gasteiger partial charge in [-0.05, 0) is 23.8 Å². The molecule has 1 amide bonds. The lowest BCUT2D eigenvalue weighted by atomic mass is 9.97. The minimum atomic E-state index is -0.644. The van der Waals surface area contributed by atoms with Gasteiger partial charge in [-0.3, -0.25) is 4.79 Å². The van der Waals surface area contributed by atoms with Crippen molar-refractivity contribution in [2.45, 2.75) is 12.3 Å². The molecule has 1 unspecified atom stereocenters. The van der Waals surface area contributed by atoms with Crippen LogP contribution in [0.2, 0.25) is 0 Å². The Balaban J connectivity index is 1.69. The highest BCUT2D eigenvalue weighted by Gasteiger charge is 2.24. The van der Waals surface area contributed by atoms with Gasteiger partial charge in [0.05, 0.1) is 5.69 Å². The molecule has 108 valence electrons. The topological polar surface area (TPSA) is 41.1 Å². The van der Waals surface area contributed by atoms with Crippen molar-refractivity contribution >= 4 is 17.3 Å². The number of rotatable bonds is 3. The summed E-state index contributed by atoms with van der Waals surface area (Å²) in [4.78, 5) is 12.0. The molecule has 0 radical (unpaired) electrons. The third-order valence-corrected chi connectivity index (χ3v) is 3.57. The Hall–Kier alpha value is -2.43. The number of amides is 1. The highest BCUT2D eigenvalue weighted by molar-refractivity contribution is 5.91. The van der Waals surface area contributed by atoms with Gasteiger partial charge in [0.25, 0.3) is 0 Å². The molecule has 0 saturated carbocycles. The molecule has 0 spiro atoms. The third kappa shape index (κ3) is 2.86. The summed E-state index contributed by atoms with van der Waals surface area (Å²) in [6, 6.07) is 10.8. The molecule has 1 aliphatic rings. The van der Waals surface area contributed by atoms with Crippen molar-refractivity contribution in [2.24, 2.45) is 0 Å². The van der Waals surface area contributed by atoms with E-state index in [1.807, 2.05) is 24.3 Å². The van der Waals surface area contributed by atoms with Gasteiger partial charge in [0.1, 0.15) is 11.6 Å². The SMILES string of the molecule is O=C(CC1CNc2ccccc21)Nc1cc(F)ccc1F. The Morgan fingerprint density at radius 3 is 2.90 bits per heavy atom. The molecule has 1 aliphatic heterocycles. The van der Waals surface area contributed by atoms with Gasteiger partial charge in [-0.25, -0.2) is 8.78 Å². The summed E-state index contributed by atoms with van der Waals surface area (Å²) in [5, 5.41) is 5.65. The Kier molecular flexibility index (Phi) is 3.56. The van der Waals surface area contributed by atoms with Crippen LogP contribution in [-0.4, -0.2) is 12.5 Å². The van der Waals surface area contributed by atoms with Gasteiger partial charge >= 0.3 is 0 Å². The summed E-state index contributed by atoms with van der Waals surface area (Å²) < 4.78 is 26.6. The van der Waals surface area contributed by atoms with Crippen molar-refractivity contribution in [3.63, 3.8) is 0 Å². The average Bonchev–Trinajstić information content (AvgIpc) is 2.86. The van der Waals surface area contributed by atoms with Crippen molar-refractivity contribution in [2.75, 3.05) is 17.2 Å². The van der Waals surface area contributed by atoms with Crippen molar-refractivity contribution in [3.05, 3.63) is 59.7 Å². The van der Waals surface area contributed by atoms with E-state index in [0.29, 0.717) is 6.54 Å². The monoisotopic (exact) mass is 288 g/mol. The van der Waals surface area contributed by atoms with Gasteiger partial charge in [-0.2, -0.15) is 0 Å². The number of benzene rings is 2. The summed E-state index contributed by atoms with van der Waals surface area (Å²) >= 11 is 0. The van der Waals surface area contributed by atoms with E-state index in [9.17, 15) is 13.6 Å². The number of carbonyl (C=O) groups excluding carboxylic acids is 1. The average molecular weight is 288 g/mol. The normalized spacial score (nSPS) is 16.2. The fraction of sp³-hybridized carbons (Fsp3) is 0.188. The van der Waals surface area contributed by atoms with E-state index in [0.717, 1.165) is 29.4 Å². The number of anilines is 2. The first-order valence-corrected chi connectivity index (χ1v) is 6.71. The Morgan fingerprint density at radius 1 is 1.24 bits per heavy atom. The molecular formula is C16H14F2N2O. The molecule has 0 fully saturated rings. The van der Waals surface area contributed by atoms with Gasteiger partial charge < -0.3 is 10.6 Å². The second-order valence-corrected chi connectivity index (χ2v) is 5.04. The van der Waals surface area contributed by atoms with Crippen molar-refractivity contribution < 1.29 is 13.6 Å². The first-order chi connectivity index (χ1) is 10.1. The molecule has 2 N–H and O–H groups in total. The summed E-state index contributed by atoms with van der Waals surface area (Å²) in [7, 11) is 0. The maximum atomic E-state index is 13.5. The maximum Gasteiger partial charge on any atom is 0.225 e. The molecule has 2 aromatic rings. The van der Waals surface area contributed by atoms with Crippen LogP contribution in [0.3, 0.4) is 0 Å². The van der Waals surface area contributed by atoms with E-state index in [1.54, 1.807) is 0 Å². The second kappa shape index (κ2) is 5.52. The van der Waals surface area contributed by atoms with Crippen LogP contribution in [0.4, 0.5) is 20.2 Å². The number of hydrogen-bond acceptors (Lipinski definition) is 2. The summed E-state index contributed by atoms with van der Waals surface area (Å²) in [6.07, 6.45) is 0.222. The first kappa shape index (κ1) is 13.5. The number of para-hydroxylation sites is 1. The number of carbonyl (C=O) groups is 1. The van der Waals surface area contributed by atoms with Crippen LogP contribution < -0.4 is 10.6 Å². The zero-order chi connectivity index (χ0) is 14.8. The molecule has 0 aromatic heterocycles. The molecular weight excluding hydrogens is 274 g/mol. The highest BCUT2D eigenvalue weighted by Crippen LogP contribution is 2.33. The van der Waals surface area contributed by atoms with E-state index in [1.165, 1.54) is 0 Å². The lowest BCUT2D eigenvalue weighted by molar-refractivity contribution is -0.116. The molecule has 3 nitrogen and oxygen atoms in total. The molecule has 2 aromatic carbocycles. The smallest absolute Gasteiger partial charge is 0.225 e. The summed E-state index contributed by atoms with van der Waals surface area (Å²) in [6.45, 7) is 0.665. The van der Waals surface area contributed by atoms with E-state index in [2.05, 4.69) is 10.6 Å². The van der Waals surface area contributed by atoms with E-state index in [-0.39, 0.29) is 23.9 Å². The van der Waals surface area contributed by atoms with Crippen LogP contribution in [0, 0.1) is 11.6 Å². The minimum absolute atomic E-state index is 0.0396. The number of hydrogen-bond donors (Lipinski definition) is 2. The second-order valence-electron chi connectivity index (χ2n) is 5.04. The van der Waals surface area contributed by atoms with Gasteiger partial charge in [-0.1, -0.05) is 18.2 Å². The Morgan fingerprint density at radius 2 is 2.05 bits per heavy atom. The minimum Gasteiger partial charge on any atom is -0.384 e. The molecule has 5 heteroatoms. The summed E-state index contributed by atoms with van der Waals surface area (Å²) in [5.41, 5.74) is 1.97. The highest BCUT2D eigenvalue weighted by atomic mass is 19.1. The number of halogens is 2. The predicted octanol–water partition coefficient (Wildman–Crippen LogP) is 3.50. The van der Waals surface area contributed by atoms with Gasteiger partial charge in [-0.15, -0.1) is 0 Å². The largest absolute Gasteiger partial charge is 0.384 e. The van der Waals surface area contributed by atoms with Crippen LogP contribution in [-0.2, 0) is 4.79 Å². The van der Waals surface area contributed by atoms with Gasteiger partial charge in [0.2, 0.25) is 5.91 Å². The van der Waals surface area contributed by atoms with E-state index in [4.69, 9.17) is 0 Å². The van der Waals surface area contributed by atoms with Crippen LogP contribution in [0.5, 0.6) is 0 Å². The molecule has 3 rings (SSSR count). The lowest BCUT2D eigenvalue weighted by Gasteiger charge is -2.11. The molecule has 21 heavy (non-hydrogen) atoms. The zero-order valence-corrected chi connectivity index (χ0v) is 11.2. The van der Waals surface area contributed by atoms with Crippen molar-refractivity contribution in [1.82, 2.24) is 0 Å². The molecule has 0 aliphatic carbocycles. The van der Waals surface area contributed by atoms with Gasteiger partial charge in [0, 0.05) is 30.6 Å². The predicted molar refractivity (Wildman–Crippen MR) is 77.3 cm³/mol. The van der Waals surface area contributed by atoms with E-state index < -0.39 is 11.6 Å². The zero-order valence-electron chi connectivity index (χ0n) is 11.2. The van der Waals surface area contributed by atoms with Crippen LogP contribution in [0.25, 0.3) is 0 Å². The summed E-state index contributed by atoms with van der Waals surface area (Å²) in [5.74, 6) is -1.52. The fourth-order valence-corrected chi connectivity index (χ4v) is 2.56. The molecule has 1 atom stereocenters. The lowest BCUT2D eigenvalue weighted by Crippen LogP contribution is -2.17. The van der Waals surface area contributed by atoms with Gasteiger partial charge in [0.15, 0.2) is 0 Å². The quantitative estimate of drug-likeness (QED) is 0.907. The van der Waals surface area contributed by atoms with Crippen molar-refractivity contribution in [3.8, 4) is 0 Å². The van der Waals surface area contributed by atoms with Crippen LogP contribution >= 0.6 is 0 Å².